The molecule has 4 rings (SSSR count). The molecule has 25 heavy (non-hydrogen) atoms. The van der Waals surface area contributed by atoms with Crippen molar-refractivity contribution in [2.75, 3.05) is 13.7 Å². The van der Waals surface area contributed by atoms with E-state index in [1.165, 1.54) is 11.3 Å². The molecule has 0 spiro atoms. The molecule has 1 amide bonds. The number of pyridine rings is 1. The largest absolute Gasteiger partial charge is 0.455 e. The lowest BCUT2D eigenvalue weighted by Crippen LogP contribution is -2.16. The van der Waals surface area contributed by atoms with Crippen LogP contribution in [0.5, 0.6) is 11.5 Å². The molecule has 1 fully saturated rings. The van der Waals surface area contributed by atoms with Crippen molar-refractivity contribution in [1.29, 1.82) is 0 Å². The van der Waals surface area contributed by atoms with Gasteiger partial charge in [0.05, 0.1) is 11.3 Å². The molecule has 0 saturated heterocycles. The Morgan fingerprint density at radius 2 is 2.08 bits per heavy atom. The zero-order chi connectivity index (χ0) is 17.4. The summed E-state index contributed by atoms with van der Waals surface area (Å²) in [5, 5.41) is 13.1. The van der Waals surface area contributed by atoms with Gasteiger partial charge in [-0.05, 0) is 36.6 Å². The number of nitrogens with one attached hydrogen (secondary N) is 1. The number of ether oxygens (including phenoxy) is 1. The third-order valence-electron chi connectivity index (χ3n) is 4.72. The second-order valence-electron chi connectivity index (χ2n) is 6.28. The monoisotopic (exact) mass is 354 g/mol. The van der Waals surface area contributed by atoms with Crippen LogP contribution in [0.1, 0.15) is 28.1 Å². The average Bonchev–Trinajstić information content (AvgIpc) is 3.38. The zero-order valence-electron chi connectivity index (χ0n) is 13.8. The quantitative estimate of drug-likeness (QED) is 0.736. The zero-order valence-corrected chi connectivity index (χ0v) is 14.6. The molecule has 5 nitrogen and oxygen atoms in total. The van der Waals surface area contributed by atoms with Crippen molar-refractivity contribution in [3.05, 3.63) is 53.2 Å². The third-order valence-corrected chi connectivity index (χ3v) is 5.84. The van der Waals surface area contributed by atoms with Crippen LogP contribution in [0.2, 0.25) is 0 Å². The van der Waals surface area contributed by atoms with Crippen LogP contribution in [0.4, 0.5) is 0 Å². The van der Waals surface area contributed by atoms with Gasteiger partial charge in [0.15, 0.2) is 5.75 Å². The molecule has 128 valence electrons. The highest BCUT2D eigenvalue weighted by Gasteiger charge is 2.43. The molecule has 0 radical (unpaired) electrons. The van der Waals surface area contributed by atoms with E-state index in [1.54, 1.807) is 19.4 Å². The standard InChI is InChI=1S/C19H18N2O3S/c1-20-18(23)17-16(14-6-9-21-10-15(14)25-17)24-13-4-2-12(3-5-13)19(11-22)7-8-19/h2-6,9-10,22H,7-8,11H2,1H3,(H,20,23). The van der Waals surface area contributed by atoms with Crippen molar-refractivity contribution in [2.24, 2.45) is 0 Å². The van der Waals surface area contributed by atoms with E-state index in [-0.39, 0.29) is 17.9 Å². The van der Waals surface area contributed by atoms with E-state index in [2.05, 4.69) is 10.3 Å². The average molecular weight is 354 g/mol. The SMILES string of the molecule is CNC(=O)c1sc2cnccc2c1Oc1ccc(C2(CO)CC2)cc1. The van der Waals surface area contributed by atoms with Gasteiger partial charge in [0, 0.05) is 30.2 Å². The third kappa shape index (κ3) is 2.77. The van der Waals surface area contributed by atoms with Gasteiger partial charge in [-0.25, -0.2) is 0 Å². The summed E-state index contributed by atoms with van der Waals surface area (Å²) >= 11 is 1.36. The summed E-state index contributed by atoms with van der Waals surface area (Å²) in [4.78, 5) is 16.8. The summed E-state index contributed by atoms with van der Waals surface area (Å²) in [5.41, 5.74) is 1.07. The first-order valence-electron chi connectivity index (χ1n) is 8.15. The minimum Gasteiger partial charge on any atom is -0.455 e. The van der Waals surface area contributed by atoms with Gasteiger partial charge in [-0.1, -0.05) is 12.1 Å². The Bertz CT molecular complexity index is 929. The number of aliphatic hydroxyl groups is 1. The summed E-state index contributed by atoms with van der Waals surface area (Å²) in [6, 6.07) is 9.63. The second kappa shape index (κ2) is 6.13. The van der Waals surface area contributed by atoms with E-state index in [0.29, 0.717) is 16.4 Å². The highest BCUT2D eigenvalue weighted by atomic mass is 32.1. The second-order valence-corrected chi connectivity index (χ2v) is 7.33. The molecule has 0 atom stereocenters. The highest BCUT2D eigenvalue weighted by Crippen LogP contribution is 2.48. The van der Waals surface area contributed by atoms with Crippen molar-refractivity contribution in [1.82, 2.24) is 10.3 Å². The van der Waals surface area contributed by atoms with Crippen LogP contribution in [0.15, 0.2) is 42.7 Å². The fourth-order valence-electron chi connectivity index (χ4n) is 2.98. The number of fused-ring (bicyclic) bond motifs is 1. The molecule has 1 aromatic carbocycles. The number of benzene rings is 1. The van der Waals surface area contributed by atoms with Gasteiger partial charge in [-0.15, -0.1) is 11.3 Å². The van der Waals surface area contributed by atoms with Crippen LogP contribution in [0.3, 0.4) is 0 Å². The molecule has 2 aromatic heterocycles. The summed E-state index contributed by atoms with van der Waals surface area (Å²) in [7, 11) is 1.60. The van der Waals surface area contributed by atoms with Crippen LogP contribution < -0.4 is 10.1 Å². The molecule has 0 unspecified atom stereocenters. The van der Waals surface area contributed by atoms with Crippen LogP contribution in [0.25, 0.3) is 10.1 Å². The Morgan fingerprint density at radius 1 is 1.32 bits per heavy atom. The first-order chi connectivity index (χ1) is 12.2. The van der Waals surface area contributed by atoms with Gasteiger partial charge < -0.3 is 15.2 Å². The van der Waals surface area contributed by atoms with Gasteiger partial charge in [0.25, 0.3) is 5.91 Å². The summed E-state index contributed by atoms with van der Waals surface area (Å²) < 4.78 is 6.97. The lowest BCUT2D eigenvalue weighted by Gasteiger charge is -2.13. The minimum atomic E-state index is -0.176. The van der Waals surface area contributed by atoms with Crippen LogP contribution in [0, 0.1) is 0 Å². The topological polar surface area (TPSA) is 71.5 Å². The summed E-state index contributed by atoms with van der Waals surface area (Å²) in [6.07, 6.45) is 5.47. The molecule has 1 saturated carbocycles. The van der Waals surface area contributed by atoms with E-state index < -0.39 is 0 Å². The van der Waals surface area contributed by atoms with Gasteiger partial charge in [0.2, 0.25) is 0 Å². The number of carbonyl (C=O) groups is 1. The number of aromatic nitrogens is 1. The Hall–Kier alpha value is -2.44. The van der Waals surface area contributed by atoms with Crippen LogP contribution in [-0.2, 0) is 5.41 Å². The molecule has 3 aromatic rings. The maximum atomic E-state index is 12.2. The van der Waals surface area contributed by atoms with Crippen molar-refractivity contribution >= 4 is 27.3 Å². The first kappa shape index (κ1) is 16.1. The highest BCUT2D eigenvalue weighted by molar-refractivity contribution is 7.21. The number of amides is 1. The Kier molecular flexibility index (Phi) is 3.94. The van der Waals surface area contributed by atoms with Crippen molar-refractivity contribution in [2.45, 2.75) is 18.3 Å². The maximum absolute atomic E-state index is 12.2. The molecule has 0 bridgehead atoms. The lowest BCUT2D eigenvalue weighted by molar-refractivity contribution is 0.0965. The number of hydrogen-bond acceptors (Lipinski definition) is 5. The van der Waals surface area contributed by atoms with Crippen molar-refractivity contribution < 1.29 is 14.6 Å². The predicted octanol–water partition coefficient (Wildman–Crippen LogP) is 3.47. The van der Waals surface area contributed by atoms with E-state index in [1.807, 2.05) is 30.3 Å². The molecule has 2 heterocycles. The number of aliphatic hydroxyl groups excluding tert-OH is 1. The molecular weight excluding hydrogens is 336 g/mol. The molecule has 6 heteroatoms. The fraction of sp³-hybridized carbons (Fsp3) is 0.263. The minimum absolute atomic E-state index is 0.0630. The Balaban J connectivity index is 1.69. The first-order valence-corrected chi connectivity index (χ1v) is 8.96. The number of carbonyl (C=O) groups excluding carboxylic acids is 1. The van der Waals surface area contributed by atoms with Gasteiger partial charge in [-0.3, -0.25) is 9.78 Å². The molecule has 1 aliphatic rings. The fourth-order valence-corrected chi connectivity index (χ4v) is 4.02. The van der Waals surface area contributed by atoms with Crippen LogP contribution >= 0.6 is 11.3 Å². The Labute approximate surface area is 149 Å². The normalized spacial score (nSPS) is 15.1. The van der Waals surface area contributed by atoms with E-state index >= 15 is 0 Å². The van der Waals surface area contributed by atoms with Gasteiger partial charge >= 0.3 is 0 Å². The van der Waals surface area contributed by atoms with E-state index in [0.717, 1.165) is 28.5 Å². The van der Waals surface area contributed by atoms with E-state index in [9.17, 15) is 9.90 Å². The molecule has 2 N–H and O–H groups in total. The molecule has 0 aliphatic heterocycles. The van der Waals surface area contributed by atoms with Crippen molar-refractivity contribution in [3.8, 4) is 11.5 Å². The summed E-state index contributed by atoms with van der Waals surface area (Å²) in [6.45, 7) is 0.177. The lowest BCUT2D eigenvalue weighted by atomic mass is 9.97. The smallest absolute Gasteiger partial charge is 0.264 e. The maximum Gasteiger partial charge on any atom is 0.264 e. The Morgan fingerprint density at radius 3 is 2.72 bits per heavy atom. The number of thiophene rings is 1. The predicted molar refractivity (Wildman–Crippen MR) is 97.5 cm³/mol. The van der Waals surface area contributed by atoms with Gasteiger partial charge in [0.1, 0.15) is 10.6 Å². The molecule has 1 aliphatic carbocycles. The number of nitrogens with zero attached hydrogens (tertiary/aromatic N) is 1. The summed E-state index contributed by atoms with van der Waals surface area (Å²) in [5.74, 6) is 1.04. The van der Waals surface area contributed by atoms with E-state index in [4.69, 9.17) is 4.74 Å². The number of rotatable bonds is 5. The number of hydrogen-bond donors (Lipinski definition) is 2. The van der Waals surface area contributed by atoms with Crippen molar-refractivity contribution in [3.63, 3.8) is 0 Å². The van der Waals surface area contributed by atoms with Gasteiger partial charge in [-0.2, -0.15) is 0 Å². The van der Waals surface area contributed by atoms with Crippen LogP contribution in [-0.4, -0.2) is 29.7 Å². The molecular formula is C19H18N2O3S.